The lowest BCUT2D eigenvalue weighted by molar-refractivity contribution is -0.189. The van der Waals surface area contributed by atoms with E-state index in [9.17, 15) is 22.0 Å². The van der Waals surface area contributed by atoms with Crippen molar-refractivity contribution in [1.82, 2.24) is 9.97 Å². The number of hydrogen-bond donors (Lipinski definition) is 0. The minimum atomic E-state index is -4.60. The van der Waals surface area contributed by atoms with E-state index in [0.717, 1.165) is 18.3 Å². The summed E-state index contributed by atoms with van der Waals surface area (Å²) in [5.41, 5.74) is -2.71. The van der Waals surface area contributed by atoms with Crippen LogP contribution in [0.3, 0.4) is 0 Å². The van der Waals surface area contributed by atoms with Gasteiger partial charge in [-0.2, -0.15) is 23.4 Å². The molecule has 0 saturated carbocycles. The van der Waals surface area contributed by atoms with Gasteiger partial charge in [0.25, 0.3) is 0 Å². The number of ether oxygens (including phenoxy) is 1. The summed E-state index contributed by atoms with van der Waals surface area (Å²) in [7, 11) is 0. The minimum absolute atomic E-state index is 0.00882. The van der Waals surface area contributed by atoms with E-state index in [1.165, 1.54) is 12.3 Å². The molecule has 1 saturated heterocycles. The average Bonchev–Trinajstić information content (AvgIpc) is 3.22. The van der Waals surface area contributed by atoms with Gasteiger partial charge in [-0.25, -0.2) is 13.8 Å². The molecule has 11 heteroatoms. The number of nitrogens with zero attached hydrogens (tertiary/aromatic N) is 5. The number of halogens is 5. The summed E-state index contributed by atoms with van der Waals surface area (Å²) in [6, 6.07) is 3.14. The number of benzene rings is 1. The molecule has 3 heterocycles. The van der Waals surface area contributed by atoms with Gasteiger partial charge in [0, 0.05) is 38.4 Å². The lowest BCUT2D eigenvalue weighted by Crippen LogP contribution is -2.41. The molecule has 2 aliphatic rings. The largest absolute Gasteiger partial charge is 0.487 e. The second-order valence-corrected chi connectivity index (χ2v) is 7.21. The summed E-state index contributed by atoms with van der Waals surface area (Å²) in [5, 5.41) is 6.94. The van der Waals surface area contributed by atoms with E-state index in [1.807, 2.05) is 4.90 Å². The number of aromatic nitrogens is 2. The average molecular weight is 427 g/mol. The van der Waals surface area contributed by atoms with Crippen molar-refractivity contribution in [3.05, 3.63) is 47.9 Å². The quantitative estimate of drug-likeness (QED) is 0.678. The van der Waals surface area contributed by atoms with Crippen LogP contribution in [0.2, 0.25) is 0 Å². The van der Waals surface area contributed by atoms with E-state index in [2.05, 4.69) is 20.2 Å². The second-order valence-electron chi connectivity index (χ2n) is 7.21. The summed E-state index contributed by atoms with van der Waals surface area (Å²) in [5.74, 6) is -1.01. The Morgan fingerprint density at radius 3 is 2.40 bits per heavy atom. The van der Waals surface area contributed by atoms with Gasteiger partial charge in [-0.3, -0.25) is 4.98 Å². The van der Waals surface area contributed by atoms with Crippen LogP contribution in [0.4, 0.5) is 27.8 Å². The van der Waals surface area contributed by atoms with Crippen LogP contribution < -0.4 is 9.64 Å². The fourth-order valence-electron chi connectivity index (χ4n) is 3.61. The highest BCUT2D eigenvalue weighted by Crippen LogP contribution is 2.46. The standard InChI is InChI=1S/C19H18F5N5O/c20-12-1-2-15(14(21)9-12)30-13-3-7-29(8-4-13)17-11-25-16(10-26-17)18(19(22,23)24)5-6-27-28-18/h1-2,9-11,13H,3-8H2. The molecule has 1 fully saturated rings. The fraction of sp³-hybridized carbons (Fsp3) is 0.474. The number of anilines is 1. The maximum absolute atomic E-state index is 13.7. The topological polar surface area (TPSA) is 63.0 Å². The van der Waals surface area contributed by atoms with Crippen molar-refractivity contribution in [2.45, 2.75) is 37.1 Å². The van der Waals surface area contributed by atoms with Gasteiger partial charge in [-0.1, -0.05) is 0 Å². The Bertz CT molecular complexity index is 928. The lowest BCUT2D eigenvalue weighted by Gasteiger charge is -2.33. The molecule has 0 aliphatic carbocycles. The molecule has 1 aromatic heterocycles. The Morgan fingerprint density at radius 2 is 1.83 bits per heavy atom. The molecule has 2 aromatic rings. The molecular formula is C19H18F5N5O. The Morgan fingerprint density at radius 1 is 1.07 bits per heavy atom. The van der Waals surface area contributed by atoms with Crippen LogP contribution in [-0.4, -0.2) is 41.9 Å². The van der Waals surface area contributed by atoms with Crippen molar-refractivity contribution in [2.75, 3.05) is 24.5 Å². The summed E-state index contributed by atoms with van der Waals surface area (Å²) < 4.78 is 73.0. The Hall–Kier alpha value is -2.85. The van der Waals surface area contributed by atoms with E-state index in [4.69, 9.17) is 4.74 Å². The lowest BCUT2D eigenvalue weighted by atomic mass is 9.93. The molecule has 1 unspecified atom stereocenters. The third-order valence-electron chi connectivity index (χ3n) is 5.30. The van der Waals surface area contributed by atoms with Gasteiger partial charge < -0.3 is 9.64 Å². The number of hydrogen-bond acceptors (Lipinski definition) is 6. The van der Waals surface area contributed by atoms with Crippen molar-refractivity contribution >= 4 is 5.82 Å². The van der Waals surface area contributed by atoms with E-state index >= 15 is 0 Å². The highest BCUT2D eigenvalue weighted by atomic mass is 19.4. The first-order chi connectivity index (χ1) is 14.3. The molecule has 1 aromatic carbocycles. The molecule has 6 nitrogen and oxygen atoms in total. The monoisotopic (exact) mass is 427 g/mol. The van der Waals surface area contributed by atoms with Crippen LogP contribution in [0.25, 0.3) is 0 Å². The first-order valence-corrected chi connectivity index (χ1v) is 9.43. The van der Waals surface area contributed by atoms with Crippen molar-refractivity contribution in [3.8, 4) is 5.75 Å². The van der Waals surface area contributed by atoms with E-state index in [-0.39, 0.29) is 30.5 Å². The molecule has 0 bridgehead atoms. The zero-order valence-electron chi connectivity index (χ0n) is 15.7. The van der Waals surface area contributed by atoms with Gasteiger partial charge in [0.1, 0.15) is 17.7 Å². The summed E-state index contributed by atoms with van der Waals surface area (Å²) in [6.07, 6.45) is -1.66. The van der Waals surface area contributed by atoms with Gasteiger partial charge in [-0.15, -0.1) is 0 Å². The van der Waals surface area contributed by atoms with E-state index in [1.54, 1.807) is 0 Å². The van der Waals surface area contributed by atoms with Gasteiger partial charge in [0.05, 0.1) is 24.6 Å². The highest BCUT2D eigenvalue weighted by Gasteiger charge is 2.59. The summed E-state index contributed by atoms with van der Waals surface area (Å²) >= 11 is 0. The fourth-order valence-corrected chi connectivity index (χ4v) is 3.61. The molecule has 160 valence electrons. The predicted octanol–water partition coefficient (Wildman–Crippen LogP) is 4.42. The molecule has 30 heavy (non-hydrogen) atoms. The van der Waals surface area contributed by atoms with E-state index < -0.39 is 23.3 Å². The van der Waals surface area contributed by atoms with Gasteiger partial charge in [-0.05, 0) is 12.1 Å². The number of piperidine rings is 1. The smallest absolute Gasteiger partial charge is 0.421 e. The second kappa shape index (κ2) is 7.77. The third-order valence-corrected chi connectivity index (χ3v) is 5.30. The highest BCUT2D eigenvalue weighted by molar-refractivity contribution is 5.37. The third kappa shape index (κ3) is 3.80. The Kier molecular flexibility index (Phi) is 5.29. The van der Waals surface area contributed by atoms with Gasteiger partial charge in [0.15, 0.2) is 11.6 Å². The molecule has 4 rings (SSSR count). The van der Waals surface area contributed by atoms with Crippen molar-refractivity contribution in [3.63, 3.8) is 0 Å². The van der Waals surface area contributed by atoms with Crippen LogP contribution in [0, 0.1) is 11.6 Å². The van der Waals surface area contributed by atoms with Crippen LogP contribution >= 0.6 is 0 Å². The molecule has 0 amide bonds. The zero-order chi connectivity index (χ0) is 21.4. The van der Waals surface area contributed by atoms with Crippen LogP contribution in [0.5, 0.6) is 5.75 Å². The van der Waals surface area contributed by atoms with Crippen LogP contribution in [0.1, 0.15) is 25.0 Å². The van der Waals surface area contributed by atoms with Crippen LogP contribution in [0.15, 0.2) is 40.8 Å². The molecule has 0 radical (unpaired) electrons. The summed E-state index contributed by atoms with van der Waals surface area (Å²) in [4.78, 5) is 10.0. The van der Waals surface area contributed by atoms with Crippen molar-refractivity contribution < 1.29 is 26.7 Å². The van der Waals surface area contributed by atoms with Crippen molar-refractivity contribution in [1.29, 1.82) is 0 Å². The maximum Gasteiger partial charge on any atom is 0.421 e. The van der Waals surface area contributed by atoms with E-state index in [0.29, 0.717) is 31.7 Å². The number of rotatable bonds is 4. The SMILES string of the molecule is Fc1ccc(OC2CCN(c3cnc(C4(C(F)(F)F)CCN=N4)cn3)CC2)c(F)c1. The molecule has 1 atom stereocenters. The Labute approximate surface area is 168 Å². The molecule has 0 spiro atoms. The molecule has 2 aliphatic heterocycles. The molecule has 0 N–H and O–H groups in total. The Balaban J connectivity index is 1.40. The van der Waals surface area contributed by atoms with Crippen LogP contribution in [-0.2, 0) is 5.54 Å². The first-order valence-electron chi connectivity index (χ1n) is 9.43. The predicted molar refractivity (Wildman–Crippen MR) is 96.3 cm³/mol. The zero-order valence-corrected chi connectivity index (χ0v) is 15.7. The maximum atomic E-state index is 13.7. The first kappa shape index (κ1) is 20.4. The van der Waals surface area contributed by atoms with Gasteiger partial charge >= 0.3 is 6.18 Å². The van der Waals surface area contributed by atoms with Gasteiger partial charge in [0.2, 0.25) is 5.54 Å². The molecular weight excluding hydrogens is 409 g/mol. The summed E-state index contributed by atoms with van der Waals surface area (Å²) in [6.45, 7) is 1.00. The minimum Gasteiger partial charge on any atom is -0.487 e. The number of alkyl halides is 3. The van der Waals surface area contributed by atoms with Crippen molar-refractivity contribution in [2.24, 2.45) is 10.2 Å². The number of azo groups is 1. The normalized spacial score (nSPS) is 22.5.